The SMILES string of the molecule is CCOC(=O)CNC(=O)CSc1nc(CC(=O)NC2CC2)cc(=O)[nH]1. The molecule has 1 aliphatic rings. The lowest BCUT2D eigenvalue weighted by atomic mass is 10.3. The van der Waals surface area contributed by atoms with E-state index >= 15 is 0 Å². The van der Waals surface area contributed by atoms with Gasteiger partial charge in [-0.15, -0.1) is 0 Å². The fourth-order valence-corrected chi connectivity index (χ4v) is 2.61. The van der Waals surface area contributed by atoms with Crippen molar-refractivity contribution >= 4 is 29.5 Å². The molecule has 1 fully saturated rings. The summed E-state index contributed by atoms with van der Waals surface area (Å²) in [4.78, 5) is 52.9. The van der Waals surface area contributed by atoms with Gasteiger partial charge in [-0.05, 0) is 19.8 Å². The summed E-state index contributed by atoms with van der Waals surface area (Å²) in [6, 6.07) is 1.50. The van der Waals surface area contributed by atoms with Crippen molar-refractivity contribution < 1.29 is 19.1 Å². The minimum absolute atomic E-state index is 0.0169. The summed E-state index contributed by atoms with van der Waals surface area (Å²) in [6.07, 6.45) is 1.98. The summed E-state index contributed by atoms with van der Waals surface area (Å²) in [5.41, 5.74) is -0.0463. The van der Waals surface area contributed by atoms with Crippen LogP contribution in [-0.4, -0.2) is 52.7 Å². The van der Waals surface area contributed by atoms with Gasteiger partial charge >= 0.3 is 5.97 Å². The van der Waals surface area contributed by atoms with E-state index in [0.717, 1.165) is 24.6 Å². The van der Waals surface area contributed by atoms with Gasteiger partial charge in [0, 0.05) is 12.1 Å². The zero-order valence-electron chi connectivity index (χ0n) is 13.8. The third-order valence-electron chi connectivity index (χ3n) is 3.13. The molecule has 1 aromatic rings. The lowest BCUT2D eigenvalue weighted by Crippen LogP contribution is -2.32. The molecule has 1 heterocycles. The van der Waals surface area contributed by atoms with E-state index in [0.29, 0.717) is 5.69 Å². The highest BCUT2D eigenvalue weighted by atomic mass is 32.2. The predicted molar refractivity (Wildman–Crippen MR) is 90.1 cm³/mol. The molecule has 3 N–H and O–H groups in total. The van der Waals surface area contributed by atoms with Crippen LogP contribution in [-0.2, 0) is 25.5 Å². The number of carbonyl (C=O) groups is 3. The third-order valence-corrected chi connectivity index (χ3v) is 4.01. The van der Waals surface area contributed by atoms with Gasteiger partial charge in [0.25, 0.3) is 5.56 Å². The maximum Gasteiger partial charge on any atom is 0.325 e. The van der Waals surface area contributed by atoms with Crippen molar-refractivity contribution in [1.29, 1.82) is 0 Å². The van der Waals surface area contributed by atoms with E-state index in [9.17, 15) is 19.2 Å². The normalized spacial score (nSPS) is 13.2. The number of H-pyrrole nitrogens is 1. The van der Waals surface area contributed by atoms with Crippen molar-refractivity contribution in [2.24, 2.45) is 0 Å². The molecule has 0 saturated heterocycles. The summed E-state index contributed by atoms with van der Waals surface area (Å²) >= 11 is 1.01. The molecule has 1 aliphatic carbocycles. The molecule has 10 heteroatoms. The van der Waals surface area contributed by atoms with Gasteiger partial charge < -0.3 is 20.4 Å². The van der Waals surface area contributed by atoms with E-state index in [1.807, 2.05) is 0 Å². The monoisotopic (exact) mass is 368 g/mol. The zero-order chi connectivity index (χ0) is 18.2. The summed E-state index contributed by atoms with van der Waals surface area (Å²) in [6.45, 7) is 1.71. The van der Waals surface area contributed by atoms with Gasteiger partial charge in [-0.2, -0.15) is 0 Å². The second kappa shape index (κ2) is 9.21. The van der Waals surface area contributed by atoms with E-state index in [-0.39, 0.29) is 42.4 Å². The van der Waals surface area contributed by atoms with Crippen LogP contribution in [0.15, 0.2) is 16.0 Å². The van der Waals surface area contributed by atoms with E-state index in [1.165, 1.54) is 6.07 Å². The van der Waals surface area contributed by atoms with E-state index in [4.69, 9.17) is 4.74 Å². The number of esters is 1. The van der Waals surface area contributed by atoms with E-state index in [1.54, 1.807) is 6.92 Å². The number of carbonyl (C=O) groups excluding carboxylic acids is 3. The molecule has 25 heavy (non-hydrogen) atoms. The number of rotatable bonds is 9. The first-order valence-corrected chi connectivity index (χ1v) is 8.89. The van der Waals surface area contributed by atoms with Crippen molar-refractivity contribution in [3.05, 3.63) is 22.1 Å². The molecule has 0 aromatic carbocycles. The highest BCUT2D eigenvalue weighted by Gasteiger charge is 2.23. The Morgan fingerprint density at radius 2 is 2.12 bits per heavy atom. The van der Waals surface area contributed by atoms with Crippen LogP contribution >= 0.6 is 11.8 Å². The molecule has 0 spiro atoms. The maximum atomic E-state index is 11.8. The molecular formula is C15H20N4O5S. The van der Waals surface area contributed by atoms with Crippen LogP contribution in [0.3, 0.4) is 0 Å². The number of hydrogen-bond acceptors (Lipinski definition) is 7. The minimum atomic E-state index is -0.518. The number of nitrogens with one attached hydrogen (secondary N) is 3. The standard InChI is InChI=1S/C15H20N4O5S/c1-2-24-14(23)7-16-13(22)8-25-15-18-10(6-12(21)19-15)5-11(20)17-9-3-4-9/h6,9H,2-5,7-8H2,1H3,(H,16,22)(H,17,20)(H,18,19,21). The molecule has 0 unspecified atom stereocenters. The molecule has 0 atom stereocenters. The number of hydrogen-bond donors (Lipinski definition) is 3. The van der Waals surface area contributed by atoms with Crippen molar-refractivity contribution in [1.82, 2.24) is 20.6 Å². The molecule has 1 saturated carbocycles. The lowest BCUT2D eigenvalue weighted by molar-refractivity contribution is -0.143. The molecule has 9 nitrogen and oxygen atoms in total. The highest BCUT2D eigenvalue weighted by molar-refractivity contribution is 7.99. The first-order chi connectivity index (χ1) is 12.0. The summed E-state index contributed by atoms with van der Waals surface area (Å²) in [5.74, 6) is -1.11. The largest absolute Gasteiger partial charge is 0.465 e. The van der Waals surface area contributed by atoms with Crippen LogP contribution in [0.25, 0.3) is 0 Å². The Balaban J connectivity index is 1.82. The predicted octanol–water partition coefficient (Wildman–Crippen LogP) is -0.638. The molecule has 0 bridgehead atoms. The summed E-state index contributed by atoms with van der Waals surface area (Å²) in [7, 11) is 0. The number of thioether (sulfide) groups is 1. The van der Waals surface area contributed by atoms with Crippen LogP contribution in [0.1, 0.15) is 25.5 Å². The van der Waals surface area contributed by atoms with Crippen molar-refractivity contribution in [3.63, 3.8) is 0 Å². The number of aromatic amines is 1. The van der Waals surface area contributed by atoms with Crippen molar-refractivity contribution in [3.8, 4) is 0 Å². The molecule has 0 aliphatic heterocycles. The van der Waals surface area contributed by atoms with Gasteiger partial charge in [-0.25, -0.2) is 4.98 Å². The fraction of sp³-hybridized carbons (Fsp3) is 0.533. The van der Waals surface area contributed by atoms with Gasteiger partial charge in [0.1, 0.15) is 6.54 Å². The molecular weight excluding hydrogens is 348 g/mol. The van der Waals surface area contributed by atoms with Crippen LogP contribution in [0.2, 0.25) is 0 Å². The highest BCUT2D eigenvalue weighted by Crippen LogP contribution is 2.18. The zero-order valence-corrected chi connectivity index (χ0v) is 14.6. The first-order valence-electron chi connectivity index (χ1n) is 7.91. The van der Waals surface area contributed by atoms with E-state index < -0.39 is 17.4 Å². The van der Waals surface area contributed by atoms with E-state index in [2.05, 4.69) is 20.6 Å². The number of aromatic nitrogens is 2. The van der Waals surface area contributed by atoms with Gasteiger partial charge in [0.15, 0.2) is 5.16 Å². The number of nitrogens with zero attached hydrogens (tertiary/aromatic N) is 1. The summed E-state index contributed by atoms with van der Waals surface area (Å²) in [5, 5.41) is 5.48. The molecule has 0 radical (unpaired) electrons. The van der Waals surface area contributed by atoms with Gasteiger partial charge in [-0.3, -0.25) is 19.2 Å². The number of ether oxygens (including phenoxy) is 1. The second-order valence-corrected chi connectivity index (χ2v) is 6.39. The Morgan fingerprint density at radius 3 is 2.80 bits per heavy atom. The topological polar surface area (TPSA) is 130 Å². The average Bonchev–Trinajstić information content (AvgIpc) is 3.34. The quantitative estimate of drug-likeness (QED) is 0.300. The Morgan fingerprint density at radius 1 is 1.36 bits per heavy atom. The molecule has 136 valence electrons. The van der Waals surface area contributed by atoms with Gasteiger partial charge in [0.2, 0.25) is 11.8 Å². The second-order valence-electron chi connectivity index (χ2n) is 5.43. The average molecular weight is 368 g/mol. The minimum Gasteiger partial charge on any atom is -0.465 e. The Hall–Kier alpha value is -2.36. The maximum absolute atomic E-state index is 11.8. The van der Waals surface area contributed by atoms with Crippen LogP contribution < -0.4 is 16.2 Å². The smallest absolute Gasteiger partial charge is 0.325 e. The summed E-state index contributed by atoms with van der Waals surface area (Å²) < 4.78 is 4.70. The Kier molecular flexibility index (Phi) is 6.99. The Labute approximate surface area is 148 Å². The Bertz CT molecular complexity index is 701. The molecule has 2 rings (SSSR count). The van der Waals surface area contributed by atoms with Crippen LogP contribution in [0, 0.1) is 0 Å². The van der Waals surface area contributed by atoms with Crippen molar-refractivity contribution in [2.75, 3.05) is 18.9 Å². The first kappa shape index (κ1) is 19.0. The van der Waals surface area contributed by atoms with Crippen LogP contribution in [0.5, 0.6) is 0 Å². The number of amides is 2. The van der Waals surface area contributed by atoms with Gasteiger partial charge in [-0.1, -0.05) is 11.8 Å². The lowest BCUT2D eigenvalue weighted by Gasteiger charge is -2.06. The van der Waals surface area contributed by atoms with Gasteiger partial charge in [0.05, 0.1) is 24.5 Å². The third kappa shape index (κ3) is 7.38. The van der Waals surface area contributed by atoms with Crippen molar-refractivity contribution in [2.45, 2.75) is 37.4 Å². The fourth-order valence-electron chi connectivity index (χ4n) is 1.88. The molecule has 2 amide bonds. The molecule has 1 aromatic heterocycles. The van der Waals surface area contributed by atoms with Crippen LogP contribution in [0.4, 0.5) is 0 Å².